The lowest BCUT2D eigenvalue weighted by molar-refractivity contribution is -0.385. The van der Waals surface area contributed by atoms with E-state index < -0.39 is 10.8 Å². The second-order valence-corrected chi connectivity index (χ2v) is 4.89. The molecule has 0 spiro atoms. The number of nitro benzene ring substituents is 1. The van der Waals surface area contributed by atoms with Crippen LogP contribution in [0.15, 0.2) is 41.5 Å². The SMILES string of the molecule is COc1cc(/C=N/NC(=O)c2ccc(C)c([N+](=O)[O-])c2)ccc1O. The zero-order valence-electron chi connectivity index (χ0n) is 13.0. The summed E-state index contributed by atoms with van der Waals surface area (Å²) in [5, 5.41) is 24.2. The Labute approximate surface area is 137 Å². The molecule has 0 aliphatic rings. The lowest BCUT2D eigenvalue weighted by atomic mass is 10.1. The van der Waals surface area contributed by atoms with Crippen molar-refractivity contribution < 1.29 is 19.6 Å². The number of rotatable bonds is 5. The molecule has 0 heterocycles. The van der Waals surface area contributed by atoms with Crippen LogP contribution in [0.25, 0.3) is 0 Å². The molecule has 0 atom stereocenters. The number of ether oxygens (including phenoxy) is 1. The number of phenolic OH excluding ortho intramolecular Hbond substituents is 1. The molecular weight excluding hydrogens is 314 g/mol. The zero-order valence-corrected chi connectivity index (χ0v) is 13.0. The summed E-state index contributed by atoms with van der Waals surface area (Å²) in [7, 11) is 1.42. The van der Waals surface area contributed by atoms with Gasteiger partial charge in [0.1, 0.15) is 0 Å². The van der Waals surface area contributed by atoms with E-state index in [-0.39, 0.29) is 22.7 Å². The highest BCUT2D eigenvalue weighted by Crippen LogP contribution is 2.25. The maximum Gasteiger partial charge on any atom is 0.273 e. The minimum absolute atomic E-state index is 0.00866. The maximum absolute atomic E-state index is 12.0. The average Bonchev–Trinajstić information content (AvgIpc) is 2.56. The first kappa shape index (κ1) is 16.9. The number of nitrogens with one attached hydrogen (secondary N) is 1. The van der Waals surface area contributed by atoms with Crippen molar-refractivity contribution in [2.24, 2.45) is 5.10 Å². The molecule has 0 bridgehead atoms. The van der Waals surface area contributed by atoms with E-state index in [9.17, 15) is 20.0 Å². The van der Waals surface area contributed by atoms with Crippen LogP contribution in [-0.4, -0.2) is 29.3 Å². The van der Waals surface area contributed by atoms with Crippen LogP contribution in [-0.2, 0) is 0 Å². The molecule has 2 N–H and O–H groups in total. The number of methoxy groups -OCH3 is 1. The number of nitro groups is 1. The molecule has 0 aliphatic carbocycles. The molecule has 0 unspecified atom stereocenters. The fraction of sp³-hybridized carbons (Fsp3) is 0.125. The summed E-state index contributed by atoms with van der Waals surface area (Å²) >= 11 is 0. The van der Waals surface area contributed by atoms with Crippen molar-refractivity contribution in [1.82, 2.24) is 5.43 Å². The normalized spacial score (nSPS) is 10.6. The van der Waals surface area contributed by atoms with Crippen LogP contribution in [0.5, 0.6) is 11.5 Å². The first-order valence-corrected chi connectivity index (χ1v) is 6.88. The van der Waals surface area contributed by atoms with Crippen molar-refractivity contribution in [3.8, 4) is 11.5 Å². The molecule has 0 aromatic heterocycles. The van der Waals surface area contributed by atoms with Crippen LogP contribution in [0.4, 0.5) is 5.69 Å². The monoisotopic (exact) mass is 329 g/mol. The highest BCUT2D eigenvalue weighted by atomic mass is 16.6. The third-order valence-electron chi connectivity index (χ3n) is 3.25. The number of aromatic hydroxyl groups is 1. The predicted octanol–water partition coefficient (Wildman–Crippen LogP) is 2.38. The van der Waals surface area contributed by atoms with E-state index in [4.69, 9.17) is 4.74 Å². The molecule has 0 radical (unpaired) electrons. The molecule has 124 valence electrons. The van der Waals surface area contributed by atoms with Crippen molar-refractivity contribution in [2.75, 3.05) is 7.11 Å². The quantitative estimate of drug-likeness (QED) is 0.496. The van der Waals surface area contributed by atoms with Crippen molar-refractivity contribution in [2.45, 2.75) is 6.92 Å². The van der Waals surface area contributed by atoms with Crippen LogP contribution >= 0.6 is 0 Å². The van der Waals surface area contributed by atoms with Crippen molar-refractivity contribution in [1.29, 1.82) is 0 Å². The summed E-state index contributed by atoms with van der Waals surface area (Å²) in [6, 6.07) is 8.75. The minimum Gasteiger partial charge on any atom is -0.504 e. The number of amides is 1. The fourth-order valence-electron chi connectivity index (χ4n) is 1.95. The third-order valence-corrected chi connectivity index (χ3v) is 3.25. The highest BCUT2D eigenvalue weighted by molar-refractivity contribution is 5.95. The van der Waals surface area contributed by atoms with E-state index in [2.05, 4.69) is 10.5 Å². The van der Waals surface area contributed by atoms with Crippen molar-refractivity contribution in [3.05, 3.63) is 63.2 Å². The third kappa shape index (κ3) is 3.86. The molecule has 1 amide bonds. The lowest BCUT2D eigenvalue weighted by Gasteiger charge is -2.04. The van der Waals surface area contributed by atoms with Crippen LogP contribution in [0, 0.1) is 17.0 Å². The zero-order chi connectivity index (χ0) is 17.7. The van der Waals surface area contributed by atoms with E-state index >= 15 is 0 Å². The number of hydrogen-bond donors (Lipinski definition) is 2. The maximum atomic E-state index is 12.0. The summed E-state index contributed by atoms with van der Waals surface area (Å²) in [5.41, 5.74) is 3.36. The standard InChI is InChI=1S/C16H15N3O5/c1-10-3-5-12(8-13(10)19(22)23)16(21)18-17-9-11-4-6-14(20)15(7-11)24-2/h3-9,20H,1-2H3,(H,18,21)/b17-9+. The van der Waals surface area contributed by atoms with Gasteiger partial charge in [-0.05, 0) is 36.8 Å². The average molecular weight is 329 g/mol. The van der Waals surface area contributed by atoms with E-state index in [1.165, 1.54) is 37.6 Å². The van der Waals surface area contributed by atoms with Gasteiger partial charge in [0.25, 0.3) is 11.6 Å². The van der Waals surface area contributed by atoms with Gasteiger partial charge in [0.15, 0.2) is 11.5 Å². The van der Waals surface area contributed by atoms with Gasteiger partial charge in [-0.15, -0.1) is 0 Å². The second kappa shape index (κ2) is 7.23. The summed E-state index contributed by atoms with van der Waals surface area (Å²) in [6.07, 6.45) is 1.36. The first-order valence-electron chi connectivity index (χ1n) is 6.88. The van der Waals surface area contributed by atoms with Crippen LogP contribution in [0.1, 0.15) is 21.5 Å². The minimum atomic E-state index is -0.569. The van der Waals surface area contributed by atoms with Gasteiger partial charge in [-0.25, -0.2) is 5.43 Å². The Kier molecular flexibility index (Phi) is 5.10. The number of nitrogens with zero attached hydrogens (tertiary/aromatic N) is 2. The molecule has 0 saturated carbocycles. The summed E-state index contributed by atoms with van der Waals surface area (Å²) < 4.78 is 4.97. The molecule has 2 aromatic rings. The Balaban J connectivity index is 2.10. The highest BCUT2D eigenvalue weighted by Gasteiger charge is 2.14. The molecule has 8 heteroatoms. The van der Waals surface area contributed by atoms with E-state index in [1.54, 1.807) is 19.1 Å². The Hall–Kier alpha value is -3.42. The molecule has 0 aliphatic heterocycles. The predicted molar refractivity (Wildman–Crippen MR) is 87.6 cm³/mol. The van der Waals surface area contributed by atoms with Gasteiger partial charge in [-0.2, -0.15) is 5.10 Å². The Morgan fingerprint density at radius 1 is 1.33 bits per heavy atom. The molecule has 2 rings (SSSR count). The number of benzene rings is 2. The Bertz CT molecular complexity index is 817. The lowest BCUT2D eigenvalue weighted by Crippen LogP contribution is -2.17. The molecule has 2 aromatic carbocycles. The number of hydrazone groups is 1. The van der Waals surface area contributed by atoms with Crippen molar-refractivity contribution in [3.63, 3.8) is 0 Å². The van der Waals surface area contributed by atoms with Crippen LogP contribution in [0.3, 0.4) is 0 Å². The van der Waals surface area contributed by atoms with Gasteiger partial charge in [0.05, 0.1) is 18.2 Å². The van der Waals surface area contributed by atoms with Gasteiger partial charge < -0.3 is 9.84 Å². The van der Waals surface area contributed by atoms with E-state index in [0.717, 1.165) is 0 Å². The van der Waals surface area contributed by atoms with Crippen molar-refractivity contribution >= 4 is 17.8 Å². The van der Waals surface area contributed by atoms with E-state index in [1.807, 2.05) is 0 Å². The van der Waals surface area contributed by atoms with Crippen LogP contribution in [0.2, 0.25) is 0 Å². The number of hydrogen-bond acceptors (Lipinski definition) is 6. The van der Waals surface area contributed by atoms with Gasteiger partial charge in [0, 0.05) is 17.2 Å². The Morgan fingerprint density at radius 3 is 2.75 bits per heavy atom. The molecule has 24 heavy (non-hydrogen) atoms. The van der Waals surface area contributed by atoms with Crippen LogP contribution < -0.4 is 10.2 Å². The molecule has 0 fully saturated rings. The fourth-order valence-corrected chi connectivity index (χ4v) is 1.95. The topological polar surface area (TPSA) is 114 Å². The van der Waals surface area contributed by atoms with Gasteiger partial charge in [-0.1, -0.05) is 6.07 Å². The second-order valence-electron chi connectivity index (χ2n) is 4.89. The summed E-state index contributed by atoms with van der Waals surface area (Å²) in [6.45, 7) is 1.59. The largest absolute Gasteiger partial charge is 0.504 e. The van der Waals surface area contributed by atoms with Gasteiger partial charge in [-0.3, -0.25) is 14.9 Å². The number of carbonyl (C=O) groups is 1. The summed E-state index contributed by atoms with van der Waals surface area (Å²) in [4.78, 5) is 22.3. The molecule has 8 nitrogen and oxygen atoms in total. The molecular formula is C16H15N3O5. The first-order chi connectivity index (χ1) is 11.4. The van der Waals surface area contributed by atoms with Gasteiger partial charge in [0.2, 0.25) is 0 Å². The number of phenols is 1. The Morgan fingerprint density at radius 2 is 2.08 bits per heavy atom. The summed E-state index contributed by atoms with van der Waals surface area (Å²) in [5.74, 6) is -0.301. The smallest absolute Gasteiger partial charge is 0.273 e. The number of aryl methyl sites for hydroxylation is 1. The van der Waals surface area contributed by atoms with E-state index in [0.29, 0.717) is 11.1 Å². The van der Waals surface area contributed by atoms with Gasteiger partial charge >= 0.3 is 0 Å². The molecule has 0 saturated heterocycles. The number of carbonyl (C=O) groups excluding carboxylic acids is 1.